The minimum atomic E-state index is 0.118. The molecule has 0 spiro atoms. The Balaban J connectivity index is 2.30. The molecule has 0 saturated heterocycles. The summed E-state index contributed by atoms with van der Waals surface area (Å²) in [6.45, 7) is 2.06. The van der Waals surface area contributed by atoms with Gasteiger partial charge in [0.15, 0.2) is 5.82 Å². The molecule has 0 aliphatic rings. The fourth-order valence-electron chi connectivity index (χ4n) is 1.59. The first kappa shape index (κ1) is 12.9. The van der Waals surface area contributed by atoms with Crippen molar-refractivity contribution in [2.24, 2.45) is 5.73 Å². The largest absolute Gasteiger partial charge is 0.327 e. The summed E-state index contributed by atoms with van der Waals surface area (Å²) in [4.78, 5) is 12.9. The van der Waals surface area contributed by atoms with E-state index in [4.69, 9.17) is 17.3 Å². The molecular weight excluding hydrogens is 248 g/mol. The summed E-state index contributed by atoms with van der Waals surface area (Å²) in [5.74, 6) is 0.543. The van der Waals surface area contributed by atoms with Crippen LogP contribution in [0, 0.1) is 0 Å². The van der Waals surface area contributed by atoms with Gasteiger partial charge in [0.1, 0.15) is 5.69 Å². The van der Waals surface area contributed by atoms with Crippen molar-refractivity contribution >= 4 is 11.6 Å². The highest BCUT2D eigenvalue weighted by Crippen LogP contribution is 2.21. The molecule has 2 heterocycles. The fraction of sp³-hybridized carbons (Fsp3) is 0.308. The maximum Gasteiger partial charge on any atom is 0.179 e. The lowest BCUT2D eigenvalue weighted by Crippen LogP contribution is -2.22. The Bertz CT molecular complexity index is 530. The van der Waals surface area contributed by atoms with Crippen LogP contribution in [0.3, 0.4) is 0 Å². The van der Waals surface area contributed by atoms with Crippen molar-refractivity contribution in [2.75, 3.05) is 0 Å². The summed E-state index contributed by atoms with van der Waals surface area (Å²) in [5.41, 5.74) is 7.44. The van der Waals surface area contributed by atoms with E-state index >= 15 is 0 Å². The molecule has 1 atom stereocenters. The second-order valence-electron chi connectivity index (χ2n) is 4.08. The first-order valence-corrected chi connectivity index (χ1v) is 6.27. The van der Waals surface area contributed by atoms with Gasteiger partial charge in [-0.3, -0.25) is 4.98 Å². The Hall–Kier alpha value is -1.52. The normalized spacial score (nSPS) is 12.4. The summed E-state index contributed by atoms with van der Waals surface area (Å²) < 4.78 is 0. The zero-order chi connectivity index (χ0) is 13.0. The van der Waals surface area contributed by atoms with E-state index in [1.807, 2.05) is 6.07 Å². The Labute approximate surface area is 111 Å². The van der Waals surface area contributed by atoms with Gasteiger partial charge in [0, 0.05) is 30.6 Å². The molecule has 0 bridgehead atoms. The molecule has 2 aromatic rings. The summed E-state index contributed by atoms with van der Waals surface area (Å²) >= 11 is 6.08. The quantitative estimate of drug-likeness (QED) is 0.919. The average molecular weight is 263 g/mol. The smallest absolute Gasteiger partial charge is 0.179 e. The van der Waals surface area contributed by atoms with Crippen LogP contribution in [0.15, 0.2) is 30.6 Å². The van der Waals surface area contributed by atoms with E-state index < -0.39 is 0 Å². The predicted molar refractivity (Wildman–Crippen MR) is 72.2 cm³/mol. The fourth-order valence-corrected chi connectivity index (χ4v) is 1.79. The van der Waals surface area contributed by atoms with Gasteiger partial charge in [0.2, 0.25) is 0 Å². The van der Waals surface area contributed by atoms with Crippen LogP contribution >= 0.6 is 11.6 Å². The molecule has 0 radical (unpaired) electrons. The highest BCUT2D eigenvalue weighted by molar-refractivity contribution is 6.32. The van der Waals surface area contributed by atoms with Crippen LogP contribution in [0.25, 0.3) is 11.5 Å². The molecule has 94 valence electrons. The summed E-state index contributed by atoms with van der Waals surface area (Å²) in [6.07, 6.45) is 5.04. The maximum atomic E-state index is 6.08. The maximum absolute atomic E-state index is 6.08. The van der Waals surface area contributed by atoms with Gasteiger partial charge < -0.3 is 5.73 Å². The number of nitrogens with zero attached hydrogens (tertiary/aromatic N) is 3. The molecule has 0 aliphatic carbocycles. The Kier molecular flexibility index (Phi) is 4.23. The van der Waals surface area contributed by atoms with Crippen molar-refractivity contribution < 1.29 is 0 Å². The van der Waals surface area contributed by atoms with Gasteiger partial charge in [-0.15, -0.1) is 0 Å². The van der Waals surface area contributed by atoms with E-state index in [0.717, 1.165) is 18.5 Å². The second kappa shape index (κ2) is 5.89. The second-order valence-corrected chi connectivity index (χ2v) is 4.49. The number of hydrogen-bond donors (Lipinski definition) is 1. The molecule has 0 amide bonds. The van der Waals surface area contributed by atoms with Crippen LogP contribution in [0.5, 0.6) is 0 Å². The minimum absolute atomic E-state index is 0.118. The van der Waals surface area contributed by atoms with Crippen LogP contribution in [0.1, 0.15) is 19.0 Å². The monoisotopic (exact) mass is 262 g/mol. The molecule has 2 N–H and O–H groups in total. The molecular formula is C13H15ClN4. The molecule has 2 rings (SSSR count). The summed E-state index contributed by atoms with van der Waals surface area (Å²) in [7, 11) is 0. The zero-order valence-electron chi connectivity index (χ0n) is 10.2. The van der Waals surface area contributed by atoms with Gasteiger partial charge in [-0.05, 0) is 24.6 Å². The lowest BCUT2D eigenvalue weighted by atomic mass is 10.1. The number of pyridine rings is 1. The number of halogens is 1. The van der Waals surface area contributed by atoms with Crippen molar-refractivity contribution in [1.82, 2.24) is 15.0 Å². The predicted octanol–water partition coefficient (Wildman–Crippen LogP) is 2.47. The van der Waals surface area contributed by atoms with E-state index in [9.17, 15) is 0 Å². The molecule has 1 unspecified atom stereocenters. The third-order valence-corrected chi connectivity index (χ3v) is 2.98. The standard InChI is InChI=1S/C13H15ClN4/c1-2-9(15)8-10-5-7-17-13(18-10)12-11(14)4-3-6-16-12/h3-7,9H,2,8,15H2,1H3. The van der Waals surface area contributed by atoms with Gasteiger partial charge in [-0.2, -0.15) is 0 Å². The van der Waals surface area contributed by atoms with Gasteiger partial charge in [-0.25, -0.2) is 9.97 Å². The van der Waals surface area contributed by atoms with Gasteiger partial charge in [0.05, 0.1) is 5.02 Å². The van der Waals surface area contributed by atoms with E-state index in [1.165, 1.54) is 0 Å². The number of nitrogens with two attached hydrogens (primary N) is 1. The molecule has 0 fully saturated rings. The van der Waals surface area contributed by atoms with Crippen molar-refractivity contribution in [3.05, 3.63) is 41.3 Å². The molecule has 2 aromatic heterocycles. The Morgan fingerprint density at radius 1 is 1.28 bits per heavy atom. The van der Waals surface area contributed by atoms with Crippen molar-refractivity contribution in [3.8, 4) is 11.5 Å². The zero-order valence-corrected chi connectivity index (χ0v) is 10.9. The molecule has 5 heteroatoms. The third kappa shape index (κ3) is 3.03. The topological polar surface area (TPSA) is 64.7 Å². The Morgan fingerprint density at radius 2 is 2.11 bits per heavy atom. The van der Waals surface area contributed by atoms with Crippen molar-refractivity contribution in [1.29, 1.82) is 0 Å². The SMILES string of the molecule is CCC(N)Cc1ccnc(-c2ncccc2Cl)n1. The average Bonchev–Trinajstić information content (AvgIpc) is 2.39. The van der Waals surface area contributed by atoms with E-state index in [2.05, 4.69) is 21.9 Å². The molecule has 4 nitrogen and oxygen atoms in total. The number of hydrogen-bond acceptors (Lipinski definition) is 4. The first-order chi connectivity index (χ1) is 8.70. The molecule has 0 aliphatic heterocycles. The molecule has 0 saturated carbocycles. The summed E-state index contributed by atoms with van der Waals surface area (Å²) in [6, 6.07) is 5.54. The van der Waals surface area contributed by atoms with Crippen LogP contribution < -0.4 is 5.73 Å². The van der Waals surface area contributed by atoms with Crippen LogP contribution in [-0.2, 0) is 6.42 Å². The lowest BCUT2D eigenvalue weighted by molar-refractivity contribution is 0.636. The van der Waals surface area contributed by atoms with Gasteiger partial charge in [-0.1, -0.05) is 18.5 Å². The summed E-state index contributed by atoms with van der Waals surface area (Å²) in [5, 5.41) is 0.550. The van der Waals surface area contributed by atoms with E-state index in [-0.39, 0.29) is 6.04 Å². The third-order valence-electron chi connectivity index (χ3n) is 2.68. The molecule has 18 heavy (non-hydrogen) atoms. The van der Waals surface area contributed by atoms with Crippen molar-refractivity contribution in [3.63, 3.8) is 0 Å². The number of aromatic nitrogens is 3. The van der Waals surface area contributed by atoms with Crippen LogP contribution in [-0.4, -0.2) is 21.0 Å². The van der Waals surface area contributed by atoms with Crippen LogP contribution in [0.2, 0.25) is 5.02 Å². The van der Waals surface area contributed by atoms with E-state index in [1.54, 1.807) is 24.5 Å². The lowest BCUT2D eigenvalue weighted by Gasteiger charge is -2.08. The minimum Gasteiger partial charge on any atom is -0.327 e. The highest BCUT2D eigenvalue weighted by atomic mass is 35.5. The highest BCUT2D eigenvalue weighted by Gasteiger charge is 2.09. The number of rotatable bonds is 4. The Morgan fingerprint density at radius 3 is 2.83 bits per heavy atom. The molecule has 0 aromatic carbocycles. The van der Waals surface area contributed by atoms with Crippen LogP contribution in [0.4, 0.5) is 0 Å². The first-order valence-electron chi connectivity index (χ1n) is 5.89. The van der Waals surface area contributed by atoms with Gasteiger partial charge >= 0.3 is 0 Å². The van der Waals surface area contributed by atoms with E-state index in [0.29, 0.717) is 16.5 Å². The van der Waals surface area contributed by atoms with Gasteiger partial charge in [0.25, 0.3) is 0 Å². The van der Waals surface area contributed by atoms with Crippen molar-refractivity contribution in [2.45, 2.75) is 25.8 Å².